The van der Waals surface area contributed by atoms with Crippen molar-refractivity contribution in [1.29, 1.82) is 0 Å². The first-order valence-corrected chi connectivity index (χ1v) is 7.89. The summed E-state index contributed by atoms with van der Waals surface area (Å²) in [5.74, 6) is 0.457. The molecule has 2 heterocycles. The molecule has 0 fully saturated rings. The van der Waals surface area contributed by atoms with Crippen LogP contribution in [0.15, 0.2) is 42.9 Å². The van der Waals surface area contributed by atoms with Crippen LogP contribution in [0.25, 0.3) is 5.69 Å². The van der Waals surface area contributed by atoms with Crippen molar-refractivity contribution in [3.8, 4) is 5.69 Å². The fraction of sp³-hybridized carbons (Fsp3) is 0.312. The van der Waals surface area contributed by atoms with E-state index in [2.05, 4.69) is 25.7 Å². The molecule has 1 aromatic carbocycles. The molecule has 0 saturated heterocycles. The summed E-state index contributed by atoms with van der Waals surface area (Å²) in [6.45, 7) is 4.67. The molecule has 2 aromatic heterocycles. The molecule has 0 aliphatic rings. The van der Waals surface area contributed by atoms with E-state index in [1.54, 1.807) is 15.6 Å². The van der Waals surface area contributed by atoms with E-state index in [0.717, 1.165) is 11.5 Å². The molecule has 1 amide bonds. The number of amides is 1. The third-order valence-electron chi connectivity index (χ3n) is 3.72. The summed E-state index contributed by atoms with van der Waals surface area (Å²) in [6.07, 6.45) is 3.82. The first kappa shape index (κ1) is 15.9. The van der Waals surface area contributed by atoms with Crippen molar-refractivity contribution >= 4 is 5.91 Å². The van der Waals surface area contributed by atoms with Crippen molar-refractivity contribution in [2.45, 2.75) is 32.9 Å². The molecular weight excluding hydrogens is 306 g/mol. The van der Waals surface area contributed by atoms with Crippen LogP contribution in [0.5, 0.6) is 0 Å². The lowest BCUT2D eigenvalue weighted by Gasteiger charge is -2.15. The summed E-state index contributed by atoms with van der Waals surface area (Å²) >= 11 is 0. The highest BCUT2D eigenvalue weighted by atomic mass is 16.2. The Kier molecular flexibility index (Phi) is 4.64. The predicted octanol–water partition coefficient (Wildman–Crippen LogP) is 1.76. The Hall–Kier alpha value is -3.03. The van der Waals surface area contributed by atoms with Crippen LogP contribution in [0.3, 0.4) is 0 Å². The highest BCUT2D eigenvalue weighted by molar-refractivity contribution is 5.92. The van der Waals surface area contributed by atoms with E-state index in [4.69, 9.17) is 0 Å². The normalized spacial score (nSPS) is 12.1. The maximum absolute atomic E-state index is 12.5. The Morgan fingerprint density at radius 2 is 2.04 bits per heavy atom. The molecule has 0 bridgehead atoms. The number of benzene rings is 1. The average Bonchev–Trinajstić information content (AvgIpc) is 3.29. The molecule has 0 saturated carbocycles. The minimum absolute atomic E-state index is 0.221. The van der Waals surface area contributed by atoms with Crippen LogP contribution in [-0.2, 0) is 6.54 Å². The van der Waals surface area contributed by atoms with Gasteiger partial charge in [-0.05, 0) is 25.5 Å². The van der Waals surface area contributed by atoms with Crippen molar-refractivity contribution in [3.05, 3.63) is 54.4 Å². The van der Waals surface area contributed by atoms with Crippen molar-refractivity contribution in [2.75, 3.05) is 0 Å². The van der Waals surface area contributed by atoms with Crippen molar-refractivity contribution < 1.29 is 4.79 Å². The van der Waals surface area contributed by atoms with E-state index in [1.807, 2.05) is 44.2 Å². The highest BCUT2D eigenvalue weighted by Gasteiger charge is 2.20. The van der Waals surface area contributed by atoms with Crippen molar-refractivity contribution in [2.24, 2.45) is 0 Å². The minimum Gasteiger partial charge on any atom is -0.341 e. The first-order valence-electron chi connectivity index (χ1n) is 7.89. The van der Waals surface area contributed by atoms with E-state index < -0.39 is 0 Å². The van der Waals surface area contributed by atoms with E-state index in [0.29, 0.717) is 13.0 Å². The Bertz CT molecular complexity index is 809. The van der Waals surface area contributed by atoms with Gasteiger partial charge in [0.05, 0.1) is 17.9 Å². The third kappa shape index (κ3) is 3.17. The van der Waals surface area contributed by atoms with Crippen LogP contribution in [0, 0.1) is 0 Å². The molecule has 1 unspecified atom stereocenters. The molecule has 8 nitrogen and oxygen atoms in total. The van der Waals surface area contributed by atoms with Gasteiger partial charge in [0.2, 0.25) is 0 Å². The number of aryl methyl sites for hydroxylation is 1. The number of nitrogens with zero attached hydrogens (tertiary/aromatic N) is 6. The van der Waals surface area contributed by atoms with Gasteiger partial charge >= 0.3 is 0 Å². The zero-order valence-electron chi connectivity index (χ0n) is 13.6. The molecule has 0 radical (unpaired) electrons. The fourth-order valence-corrected chi connectivity index (χ4v) is 2.44. The second-order valence-corrected chi connectivity index (χ2v) is 5.25. The topological polar surface area (TPSA) is 90.5 Å². The van der Waals surface area contributed by atoms with Gasteiger partial charge in [-0.15, -0.1) is 5.10 Å². The molecule has 124 valence electrons. The van der Waals surface area contributed by atoms with Gasteiger partial charge in [-0.2, -0.15) is 5.10 Å². The van der Waals surface area contributed by atoms with E-state index in [-0.39, 0.29) is 17.6 Å². The monoisotopic (exact) mass is 325 g/mol. The van der Waals surface area contributed by atoms with Gasteiger partial charge in [0.15, 0.2) is 5.69 Å². The van der Waals surface area contributed by atoms with Crippen LogP contribution in [0.2, 0.25) is 0 Å². The van der Waals surface area contributed by atoms with E-state index >= 15 is 0 Å². The maximum atomic E-state index is 12.5. The summed E-state index contributed by atoms with van der Waals surface area (Å²) in [7, 11) is 0. The molecule has 0 aliphatic carbocycles. The van der Waals surface area contributed by atoms with E-state index in [1.165, 1.54) is 6.33 Å². The maximum Gasteiger partial charge on any atom is 0.274 e. The van der Waals surface area contributed by atoms with Gasteiger partial charge in [0.25, 0.3) is 5.91 Å². The third-order valence-corrected chi connectivity index (χ3v) is 3.72. The molecular formula is C16H19N7O. The van der Waals surface area contributed by atoms with Crippen LogP contribution < -0.4 is 5.32 Å². The fourth-order valence-electron chi connectivity index (χ4n) is 2.44. The molecule has 8 heteroatoms. The standard InChI is InChI=1S/C16H19N7O/c1-3-13(15-17-11-18-22(15)4-2)19-16(24)14-10-23(21-20-14)12-8-6-5-7-9-12/h5-11,13H,3-4H2,1-2H3,(H,19,24). The number of para-hydroxylation sites is 1. The smallest absolute Gasteiger partial charge is 0.274 e. The summed E-state index contributed by atoms with van der Waals surface area (Å²) in [5, 5.41) is 15.1. The second kappa shape index (κ2) is 7.03. The minimum atomic E-state index is -0.283. The van der Waals surface area contributed by atoms with E-state index in [9.17, 15) is 4.79 Å². The molecule has 1 N–H and O–H groups in total. The Labute approximate surface area is 139 Å². The van der Waals surface area contributed by atoms with Crippen molar-refractivity contribution in [1.82, 2.24) is 35.1 Å². The number of hydrogen-bond donors (Lipinski definition) is 1. The Balaban J connectivity index is 1.76. The van der Waals surface area contributed by atoms with Gasteiger partial charge in [-0.25, -0.2) is 14.3 Å². The second-order valence-electron chi connectivity index (χ2n) is 5.25. The van der Waals surface area contributed by atoms with Gasteiger partial charge < -0.3 is 5.32 Å². The number of hydrogen-bond acceptors (Lipinski definition) is 5. The molecule has 24 heavy (non-hydrogen) atoms. The molecule has 3 aromatic rings. The predicted molar refractivity (Wildman–Crippen MR) is 87.6 cm³/mol. The lowest BCUT2D eigenvalue weighted by Crippen LogP contribution is -2.30. The molecule has 0 spiro atoms. The first-order chi connectivity index (χ1) is 11.7. The zero-order chi connectivity index (χ0) is 16.9. The van der Waals surface area contributed by atoms with Gasteiger partial charge in [-0.3, -0.25) is 4.79 Å². The lowest BCUT2D eigenvalue weighted by atomic mass is 10.2. The largest absolute Gasteiger partial charge is 0.341 e. The summed E-state index contributed by atoms with van der Waals surface area (Å²) in [4.78, 5) is 16.7. The summed E-state index contributed by atoms with van der Waals surface area (Å²) in [6, 6.07) is 9.30. The number of nitrogens with one attached hydrogen (secondary N) is 1. The lowest BCUT2D eigenvalue weighted by molar-refractivity contribution is 0.0927. The van der Waals surface area contributed by atoms with Crippen molar-refractivity contribution in [3.63, 3.8) is 0 Å². The number of carbonyl (C=O) groups is 1. The summed E-state index contributed by atoms with van der Waals surface area (Å²) < 4.78 is 3.35. The SMILES string of the molecule is CCC(NC(=O)c1cn(-c2ccccc2)nn1)c1ncnn1CC. The molecule has 3 rings (SSSR count). The van der Waals surface area contributed by atoms with Crippen LogP contribution in [0.1, 0.15) is 42.6 Å². The Morgan fingerprint density at radius 3 is 2.75 bits per heavy atom. The average molecular weight is 325 g/mol. The molecule has 1 atom stereocenters. The van der Waals surface area contributed by atoms with Crippen LogP contribution in [-0.4, -0.2) is 35.7 Å². The number of carbonyl (C=O) groups excluding carboxylic acids is 1. The molecule has 0 aliphatic heterocycles. The number of aromatic nitrogens is 6. The summed E-state index contributed by atoms with van der Waals surface area (Å²) in [5.41, 5.74) is 1.11. The van der Waals surface area contributed by atoms with Crippen LogP contribution in [0.4, 0.5) is 0 Å². The highest BCUT2D eigenvalue weighted by Crippen LogP contribution is 2.14. The quantitative estimate of drug-likeness (QED) is 0.746. The van der Waals surface area contributed by atoms with Crippen LogP contribution >= 0.6 is 0 Å². The van der Waals surface area contributed by atoms with Gasteiger partial charge in [0.1, 0.15) is 12.2 Å². The zero-order valence-corrected chi connectivity index (χ0v) is 13.6. The number of rotatable bonds is 6. The van der Waals surface area contributed by atoms with Gasteiger partial charge in [-0.1, -0.05) is 30.3 Å². The van der Waals surface area contributed by atoms with Gasteiger partial charge in [0, 0.05) is 6.54 Å². The Morgan fingerprint density at radius 1 is 1.25 bits per heavy atom.